The van der Waals surface area contributed by atoms with E-state index in [1.165, 1.54) is 6.07 Å². The zero-order valence-electron chi connectivity index (χ0n) is 15.5. The zero-order chi connectivity index (χ0) is 19.7. The monoisotopic (exact) mass is 402 g/mol. The number of para-hydroxylation sites is 1. The van der Waals surface area contributed by atoms with Crippen LogP contribution in [-0.2, 0) is 11.3 Å². The van der Waals surface area contributed by atoms with Crippen LogP contribution in [-0.4, -0.2) is 34.6 Å². The van der Waals surface area contributed by atoms with Gasteiger partial charge in [-0.3, -0.25) is 4.98 Å². The summed E-state index contributed by atoms with van der Waals surface area (Å²) in [6, 6.07) is 8.74. The first-order valence-corrected chi connectivity index (χ1v) is 9.66. The molecule has 1 aromatic heterocycles. The normalized spacial score (nSPS) is 17.2. The molecule has 0 radical (unpaired) electrons. The molecule has 0 bridgehead atoms. The van der Waals surface area contributed by atoms with Crippen LogP contribution < -0.4 is 4.74 Å². The molecule has 1 saturated heterocycles. The molecule has 0 spiro atoms. The number of hydrogen-bond donors (Lipinski definition) is 0. The van der Waals surface area contributed by atoms with Gasteiger partial charge in [0.2, 0.25) is 0 Å². The molecule has 1 unspecified atom stereocenters. The van der Waals surface area contributed by atoms with E-state index >= 15 is 0 Å². The molecule has 2 aromatic rings. The van der Waals surface area contributed by atoms with Crippen LogP contribution in [0.3, 0.4) is 0 Å². The minimum atomic E-state index is -0.669. The molecule has 4 rings (SSSR count). The van der Waals surface area contributed by atoms with Gasteiger partial charge in [0.25, 0.3) is 0 Å². The number of fused-ring (bicyclic) bond motifs is 2. The maximum Gasteiger partial charge on any atom is 0.411 e. The molecule has 5 nitrogen and oxygen atoms in total. The molecule has 1 aromatic carbocycles. The van der Waals surface area contributed by atoms with Crippen LogP contribution >= 0.6 is 11.6 Å². The third kappa shape index (κ3) is 3.56. The van der Waals surface area contributed by atoms with Gasteiger partial charge in [0.15, 0.2) is 17.1 Å². The van der Waals surface area contributed by atoms with Crippen molar-refractivity contribution in [3.8, 4) is 5.75 Å². The van der Waals surface area contributed by atoms with Gasteiger partial charge in [-0.25, -0.2) is 9.18 Å². The van der Waals surface area contributed by atoms with E-state index in [0.717, 1.165) is 22.4 Å². The van der Waals surface area contributed by atoms with Gasteiger partial charge in [0.05, 0.1) is 5.69 Å². The lowest BCUT2D eigenvalue weighted by atomic mass is 9.89. The molecule has 1 fully saturated rings. The number of amides is 1. The van der Waals surface area contributed by atoms with Gasteiger partial charge in [-0.15, -0.1) is 0 Å². The maximum absolute atomic E-state index is 14.5. The van der Waals surface area contributed by atoms with Gasteiger partial charge < -0.3 is 14.4 Å². The summed E-state index contributed by atoms with van der Waals surface area (Å²) in [5.74, 6) is -0.138. The van der Waals surface area contributed by atoms with Crippen LogP contribution in [0, 0.1) is 5.82 Å². The predicted molar refractivity (Wildman–Crippen MR) is 104 cm³/mol. The van der Waals surface area contributed by atoms with Crippen molar-refractivity contribution in [2.45, 2.75) is 31.9 Å². The lowest BCUT2D eigenvalue weighted by Gasteiger charge is -2.29. The topological polar surface area (TPSA) is 51.7 Å². The molecule has 3 heterocycles. The summed E-state index contributed by atoms with van der Waals surface area (Å²) in [7, 11) is 0. The number of benzene rings is 1. The molecule has 2 aliphatic heterocycles. The number of rotatable bonds is 1. The number of carbonyl (C=O) groups is 1. The minimum absolute atomic E-state index is 0.251. The Labute approximate surface area is 167 Å². The second-order valence-corrected chi connectivity index (χ2v) is 7.42. The Balaban J connectivity index is 1.73. The quantitative estimate of drug-likeness (QED) is 0.647. The van der Waals surface area contributed by atoms with Gasteiger partial charge in [-0.05, 0) is 31.9 Å². The third-order valence-corrected chi connectivity index (χ3v) is 5.07. The summed E-state index contributed by atoms with van der Waals surface area (Å²) < 4.78 is 25.3. The Morgan fingerprint density at radius 3 is 2.82 bits per heavy atom. The van der Waals surface area contributed by atoms with Crippen LogP contribution in [0.4, 0.5) is 9.18 Å². The van der Waals surface area contributed by atoms with Crippen molar-refractivity contribution in [3.63, 3.8) is 0 Å². The van der Waals surface area contributed by atoms with Gasteiger partial charge in [-0.2, -0.15) is 0 Å². The smallest absolute Gasteiger partial charge is 0.411 e. The fourth-order valence-corrected chi connectivity index (χ4v) is 3.77. The highest BCUT2D eigenvalue weighted by molar-refractivity contribution is 6.19. The summed E-state index contributed by atoms with van der Waals surface area (Å²) in [5.41, 5.74) is 3.79. The summed E-state index contributed by atoms with van der Waals surface area (Å²) in [4.78, 5) is 18.3. The Morgan fingerprint density at radius 2 is 2.07 bits per heavy atom. The van der Waals surface area contributed by atoms with Crippen molar-refractivity contribution < 1.29 is 18.7 Å². The van der Waals surface area contributed by atoms with E-state index in [2.05, 4.69) is 4.98 Å². The van der Waals surface area contributed by atoms with E-state index in [9.17, 15) is 9.18 Å². The molecule has 0 saturated carbocycles. The Kier molecular flexibility index (Phi) is 5.22. The Bertz CT molecular complexity index is 935. The molecular weight excluding hydrogens is 383 g/mol. The second-order valence-electron chi connectivity index (χ2n) is 6.81. The number of halogens is 2. The number of nitrogens with zero attached hydrogens (tertiary/aromatic N) is 2. The van der Waals surface area contributed by atoms with Crippen molar-refractivity contribution in [2.24, 2.45) is 0 Å². The molecule has 1 atom stereocenters. The van der Waals surface area contributed by atoms with Gasteiger partial charge in [0.1, 0.15) is 6.61 Å². The van der Waals surface area contributed by atoms with Crippen LogP contribution in [0.2, 0.25) is 0 Å². The van der Waals surface area contributed by atoms with Gasteiger partial charge in [0, 0.05) is 36.0 Å². The van der Waals surface area contributed by atoms with Gasteiger partial charge in [-0.1, -0.05) is 35.4 Å². The summed E-state index contributed by atoms with van der Waals surface area (Å²) >= 11 is 5.75. The van der Waals surface area contributed by atoms with E-state index in [4.69, 9.17) is 21.1 Å². The van der Waals surface area contributed by atoms with Crippen molar-refractivity contribution in [1.82, 2.24) is 9.88 Å². The van der Waals surface area contributed by atoms with Crippen molar-refractivity contribution in [1.29, 1.82) is 0 Å². The standard InChI is InChI=1S/C21H20ClFN2O3/c1-13(22)28-21(26)25-10-7-14(8-11-25)18-16-5-2-6-17(23)20(16)27-12-15-4-3-9-24-19(15)18/h2-6,9,13H,7-8,10-12H2,1H3. The highest BCUT2D eigenvalue weighted by Crippen LogP contribution is 2.41. The van der Waals surface area contributed by atoms with Crippen molar-refractivity contribution in [3.05, 3.63) is 64.7 Å². The minimum Gasteiger partial charge on any atom is -0.485 e. The first kappa shape index (κ1) is 18.7. The summed E-state index contributed by atoms with van der Waals surface area (Å²) in [6.45, 7) is 2.89. The van der Waals surface area contributed by atoms with Crippen LogP contribution in [0.5, 0.6) is 5.75 Å². The van der Waals surface area contributed by atoms with Gasteiger partial charge >= 0.3 is 6.09 Å². The van der Waals surface area contributed by atoms with E-state index < -0.39 is 11.7 Å². The number of pyridine rings is 1. The molecule has 0 N–H and O–H groups in total. The summed E-state index contributed by atoms with van der Waals surface area (Å²) in [5, 5.41) is 0. The number of aromatic nitrogens is 1. The summed E-state index contributed by atoms with van der Waals surface area (Å²) in [6.07, 6.45) is 2.61. The van der Waals surface area contributed by atoms with E-state index in [1.54, 1.807) is 24.1 Å². The number of hydrogen-bond acceptors (Lipinski definition) is 4. The van der Waals surface area contributed by atoms with E-state index in [-0.39, 0.29) is 18.2 Å². The van der Waals surface area contributed by atoms with Crippen molar-refractivity contribution >= 4 is 23.3 Å². The van der Waals surface area contributed by atoms with E-state index in [0.29, 0.717) is 31.5 Å². The number of ether oxygens (including phenoxy) is 2. The fourth-order valence-electron chi connectivity index (χ4n) is 3.69. The number of carbonyl (C=O) groups excluding carboxylic acids is 1. The lowest BCUT2D eigenvalue weighted by molar-refractivity contribution is 0.0932. The highest BCUT2D eigenvalue weighted by Gasteiger charge is 2.28. The Hall–Kier alpha value is -2.60. The molecule has 146 valence electrons. The average molecular weight is 403 g/mol. The van der Waals surface area contributed by atoms with Crippen LogP contribution in [0.1, 0.15) is 36.6 Å². The lowest BCUT2D eigenvalue weighted by Crippen LogP contribution is -2.37. The zero-order valence-corrected chi connectivity index (χ0v) is 16.2. The van der Waals surface area contributed by atoms with Crippen molar-refractivity contribution in [2.75, 3.05) is 13.1 Å². The average Bonchev–Trinajstić information content (AvgIpc) is 2.85. The van der Waals surface area contributed by atoms with Crippen LogP contribution in [0.25, 0.3) is 5.57 Å². The molecule has 2 aliphatic rings. The predicted octanol–water partition coefficient (Wildman–Crippen LogP) is 4.73. The third-order valence-electron chi connectivity index (χ3n) is 4.98. The van der Waals surface area contributed by atoms with Crippen LogP contribution in [0.15, 0.2) is 42.1 Å². The molecule has 28 heavy (non-hydrogen) atoms. The molecule has 7 heteroatoms. The number of piperidine rings is 1. The first-order valence-electron chi connectivity index (χ1n) is 9.22. The number of alkyl halides is 1. The largest absolute Gasteiger partial charge is 0.485 e. The highest BCUT2D eigenvalue weighted by atomic mass is 35.5. The molecule has 0 aliphatic carbocycles. The fraction of sp³-hybridized carbons (Fsp3) is 0.333. The molecular formula is C21H20ClFN2O3. The number of likely N-dealkylation sites (tertiary alicyclic amines) is 1. The Morgan fingerprint density at radius 1 is 1.29 bits per heavy atom. The second kappa shape index (κ2) is 7.80. The molecule has 1 amide bonds. The first-order chi connectivity index (χ1) is 13.5. The maximum atomic E-state index is 14.5. The van der Waals surface area contributed by atoms with E-state index in [1.807, 2.05) is 18.2 Å². The SMILES string of the molecule is CC(Cl)OC(=O)N1CCC(=C2c3cccc(F)c3OCc3cccnc32)CC1.